The minimum Gasteiger partial charge on any atom is -0.481 e. The number of hydrogen-bond donors (Lipinski definition) is 2. The van der Waals surface area contributed by atoms with Crippen molar-refractivity contribution in [1.82, 2.24) is 5.32 Å². The third kappa shape index (κ3) is 3.72. The Hall–Kier alpha value is -0.570. The number of unbranched alkanes of at least 4 members (excludes halogenated alkanes) is 1. The van der Waals surface area contributed by atoms with Gasteiger partial charge in [0.05, 0.1) is 0 Å². The van der Waals surface area contributed by atoms with E-state index in [1.807, 2.05) is 0 Å². The molecule has 0 heterocycles. The smallest absolute Gasteiger partial charge is 0.303 e. The fourth-order valence-corrected chi connectivity index (χ4v) is 1.16. The lowest BCUT2D eigenvalue weighted by Crippen LogP contribution is -2.28. The van der Waals surface area contributed by atoms with Crippen LogP contribution in [0.4, 0.5) is 0 Å². The van der Waals surface area contributed by atoms with Gasteiger partial charge < -0.3 is 10.4 Å². The Balaban J connectivity index is 1.86. The van der Waals surface area contributed by atoms with Crippen LogP contribution in [0.2, 0.25) is 0 Å². The van der Waals surface area contributed by atoms with Gasteiger partial charge in [-0.15, -0.1) is 0 Å². The zero-order chi connectivity index (χ0) is 9.03. The summed E-state index contributed by atoms with van der Waals surface area (Å²) in [7, 11) is 0. The van der Waals surface area contributed by atoms with Crippen molar-refractivity contribution in [3.05, 3.63) is 0 Å². The van der Waals surface area contributed by atoms with Crippen LogP contribution in [0, 0.1) is 0 Å². The number of aliphatic carboxylic acids is 1. The standard InChI is InChI=1S/C9H17NO2/c1-9(5-6-9)10-7-3-2-4-8(11)12/h10H,2-7H2,1H3,(H,11,12). The molecule has 0 spiro atoms. The normalized spacial score (nSPS) is 19.1. The molecule has 1 rings (SSSR count). The Kier molecular flexibility index (Phi) is 3.09. The quantitative estimate of drug-likeness (QED) is 0.594. The molecule has 0 aromatic rings. The van der Waals surface area contributed by atoms with Crippen LogP contribution in [0.3, 0.4) is 0 Å². The van der Waals surface area contributed by atoms with Gasteiger partial charge in [-0.1, -0.05) is 0 Å². The van der Waals surface area contributed by atoms with Crippen molar-refractivity contribution < 1.29 is 9.90 Å². The van der Waals surface area contributed by atoms with E-state index in [-0.39, 0.29) is 0 Å². The molecule has 0 atom stereocenters. The van der Waals surface area contributed by atoms with Gasteiger partial charge in [-0.3, -0.25) is 4.79 Å². The molecule has 0 aromatic heterocycles. The van der Waals surface area contributed by atoms with E-state index in [0.29, 0.717) is 12.0 Å². The maximum Gasteiger partial charge on any atom is 0.303 e. The van der Waals surface area contributed by atoms with Gasteiger partial charge in [-0.05, 0) is 39.2 Å². The molecule has 3 nitrogen and oxygen atoms in total. The maximum absolute atomic E-state index is 10.2. The van der Waals surface area contributed by atoms with Gasteiger partial charge in [0.15, 0.2) is 0 Å². The van der Waals surface area contributed by atoms with E-state index in [0.717, 1.165) is 19.4 Å². The molecular weight excluding hydrogens is 154 g/mol. The van der Waals surface area contributed by atoms with Crippen molar-refractivity contribution in [2.75, 3.05) is 6.54 Å². The first-order valence-corrected chi connectivity index (χ1v) is 4.59. The van der Waals surface area contributed by atoms with Crippen LogP contribution in [0.15, 0.2) is 0 Å². The summed E-state index contributed by atoms with van der Waals surface area (Å²) in [6, 6.07) is 0. The Bertz CT molecular complexity index is 164. The fourth-order valence-electron chi connectivity index (χ4n) is 1.16. The number of carboxylic acid groups (broad SMARTS) is 1. The van der Waals surface area contributed by atoms with Gasteiger partial charge in [0.1, 0.15) is 0 Å². The lowest BCUT2D eigenvalue weighted by molar-refractivity contribution is -0.137. The highest BCUT2D eigenvalue weighted by Gasteiger charge is 2.35. The van der Waals surface area contributed by atoms with Crippen LogP contribution in [0.25, 0.3) is 0 Å². The lowest BCUT2D eigenvalue weighted by atomic mass is 10.2. The molecular formula is C9H17NO2. The van der Waals surface area contributed by atoms with Gasteiger partial charge in [0.25, 0.3) is 0 Å². The summed E-state index contributed by atoms with van der Waals surface area (Å²) < 4.78 is 0. The summed E-state index contributed by atoms with van der Waals surface area (Å²) >= 11 is 0. The first-order chi connectivity index (χ1) is 5.62. The molecule has 0 saturated heterocycles. The van der Waals surface area contributed by atoms with E-state index in [1.54, 1.807) is 0 Å². The van der Waals surface area contributed by atoms with Crippen LogP contribution in [0.5, 0.6) is 0 Å². The second-order valence-corrected chi connectivity index (χ2v) is 3.84. The maximum atomic E-state index is 10.2. The zero-order valence-corrected chi connectivity index (χ0v) is 7.60. The van der Waals surface area contributed by atoms with Crippen molar-refractivity contribution in [3.8, 4) is 0 Å². The zero-order valence-electron chi connectivity index (χ0n) is 7.60. The second kappa shape index (κ2) is 3.90. The van der Waals surface area contributed by atoms with Gasteiger partial charge >= 0.3 is 5.97 Å². The molecule has 2 N–H and O–H groups in total. The van der Waals surface area contributed by atoms with E-state index in [9.17, 15) is 4.79 Å². The van der Waals surface area contributed by atoms with E-state index >= 15 is 0 Å². The average molecular weight is 171 g/mol. The summed E-state index contributed by atoms with van der Waals surface area (Å²) in [5.41, 5.74) is 0.392. The molecule has 0 bridgehead atoms. The Morgan fingerprint density at radius 1 is 1.50 bits per heavy atom. The van der Waals surface area contributed by atoms with Crippen LogP contribution < -0.4 is 5.32 Å². The first kappa shape index (κ1) is 9.52. The molecule has 1 aliphatic rings. The van der Waals surface area contributed by atoms with Crippen molar-refractivity contribution in [3.63, 3.8) is 0 Å². The van der Waals surface area contributed by atoms with Gasteiger partial charge in [-0.2, -0.15) is 0 Å². The third-order valence-corrected chi connectivity index (χ3v) is 2.37. The molecule has 0 aliphatic heterocycles. The molecule has 1 fully saturated rings. The molecule has 0 radical (unpaired) electrons. The summed E-state index contributed by atoms with van der Waals surface area (Å²) in [4.78, 5) is 10.2. The molecule has 70 valence electrons. The van der Waals surface area contributed by atoms with Crippen molar-refractivity contribution >= 4 is 5.97 Å². The number of nitrogens with one attached hydrogen (secondary N) is 1. The van der Waals surface area contributed by atoms with Crippen LogP contribution in [0.1, 0.15) is 39.0 Å². The fraction of sp³-hybridized carbons (Fsp3) is 0.889. The summed E-state index contributed by atoms with van der Waals surface area (Å²) in [5.74, 6) is -0.687. The number of carboxylic acids is 1. The largest absolute Gasteiger partial charge is 0.481 e. The molecule has 3 heteroatoms. The summed E-state index contributed by atoms with van der Waals surface area (Å²) in [6.07, 6.45) is 4.61. The molecule has 0 unspecified atom stereocenters. The average Bonchev–Trinajstić information content (AvgIpc) is 2.67. The topological polar surface area (TPSA) is 49.3 Å². The number of carbonyl (C=O) groups is 1. The summed E-state index contributed by atoms with van der Waals surface area (Å²) in [5, 5.41) is 11.8. The van der Waals surface area contributed by atoms with E-state index in [4.69, 9.17) is 5.11 Å². The molecule has 12 heavy (non-hydrogen) atoms. The highest BCUT2D eigenvalue weighted by Crippen LogP contribution is 2.33. The summed E-state index contributed by atoms with van der Waals surface area (Å²) in [6.45, 7) is 3.17. The first-order valence-electron chi connectivity index (χ1n) is 4.59. The lowest BCUT2D eigenvalue weighted by Gasteiger charge is -2.09. The van der Waals surface area contributed by atoms with Gasteiger partial charge in [0, 0.05) is 12.0 Å². The van der Waals surface area contributed by atoms with Crippen LogP contribution in [-0.2, 0) is 4.79 Å². The van der Waals surface area contributed by atoms with Gasteiger partial charge in [0.2, 0.25) is 0 Å². The minimum atomic E-state index is -0.687. The van der Waals surface area contributed by atoms with E-state index in [1.165, 1.54) is 12.8 Å². The number of rotatable bonds is 6. The van der Waals surface area contributed by atoms with E-state index < -0.39 is 5.97 Å². The Labute approximate surface area is 73.2 Å². The number of hydrogen-bond acceptors (Lipinski definition) is 2. The Morgan fingerprint density at radius 3 is 2.67 bits per heavy atom. The molecule has 1 aliphatic carbocycles. The highest BCUT2D eigenvalue weighted by atomic mass is 16.4. The predicted octanol–water partition coefficient (Wildman–Crippen LogP) is 1.38. The molecule has 1 saturated carbocycles. The van der Waals surface area contributed by atoms with Crippen LogP contribution in [-0.4, -0.2) is 23.2 Å². The predicted molar refractivity (Wildman–Crippen MR) is 47.1 cm³/mol. The third-order valence-electron chi connectivity index (χ3n) is 2.37. The highest BCUT2D eigenvalue weighted by molar-refractivity contribution is 5.66. The monoisotopic (exact) mass is 171 g/mol. The SMILES string of the molecule is CC1(NCCCCC(=O)O)CC1. The van der Waals surface area contributed by atoms with Crippen molar-refractivity contribution in [2.45, 2.75) is 44.6 Å². The molecule has 0 aromatic carbocycles. The van der Waals surface area contributed by atoms with Crippen molar-refractivity contribution in [1.29, 1.82) is 0 Å². The van der Waals surface area contributed by atoms with Crippen LogP contribution >= 0.6 is 0 Å². The van der Waals surface area contributed by atoms with Crippen molar-refractivity contribution in [2.24, 2.45) is 0 Å². The minimum absolute atomic E-state index is 0.304. The Morgan fingerprint density at radius 2 is 2.17 bits per heavy atom. The van der Waals surface area contributed by atoms with Gasteiger partial charge in [-0.25, -0.2) is 0 Å². The molecule has 0 amide bonds. The van der Waals surface area contributed by atoms with E-state index in [2.05, 4.69) is 12.2 Å². The second-order valence-electron chi connectivity index (χ2n) is 3.84.